The van der Waals surface area contributed by atoms with Gasteiger partial charge in [0.05, 0.1) is 6.33 Å². The van der Waals surface area contributed by atoms with Gasteiger partial charge in [0, 0.05) is 22.7 Å². The number of imidazole rings is 1. The lowest BCUT2D eigenvalue weighted by atomic mass is 10.1. The Kier molecular flexibility index (Phi) is 2.19. The standard InChI is InChI=1S/C13H11N3O2/c1-7-2-3-10-8(4-7)9(5-14-10)11-12(13(17)18)16-6-15-11/h2-6,14H,1H3,(H,15,16)(H,17,18). The second-order valence-electron chi connectivity index (χ2n) is 4.18. The quantitative estimate of drug-likeness (QED) is 0.644. The van der Waals surface area contributed by atoms with Crippen LogP contribution in [-0.4, -0.2) is 26.0 Å². The maximum absolute atomic E-state index is 11.1. The normalized spacial score (nSPS) is 10.9. The van der Waals surface area contributed by atoms with Crippen molar-refractivity contribution in [2.24, 2.45) is 0 Å². The highest BCUT2D eigenvalue weighted by Crippen LogP contribution is 2.29. The number of hydrogen-bond acceptors (Lipinski definition) is 2. The van der Waals surface area contributed by atoms with Crippen molar-refractivity contribution >= 4 is 16.9 Å². The first-order valence-corrected chi connectivity index (χ1v) is 5.51. The number of nitrogens with zero attached hydrogens (tertiary/aromatic N) is 1. The first-order chi connectivity index (χ1) is 8.66. The van der Waals surface area contributed by atoms with E-state index in [0.29, 0.717) is 5.69 Å². The number of aromatic carboxylic acids is 1. The predicted molar refractivity (Wildman–Crippen MR) is 67.6 cm³/mol. The summed E-state index contributed by atoms with van der Waals surface area (Å²) in [6, 6.07) is 5.99. The summed E-state index contributed by atoms with van der Waals surface area (Å²) in [6.45, 7) is 2.00. The molecule has 0 unspecified atom stereocenters. The molecule has 0 aliphatic rings. The van der Waals surface area contributed by atoms with Gasteiger partial charge in [-0.05, 0) is 19.1 Å². The molecule has 0 bridgehead atoms. The van der Waals surface area contributed by atoms with Gasteiger partial charge < -0.3 is 15.1 Å². The Bertz CT molecular complexity index is 740. The third-order valence-electron chi connectivity index (χ3n) is 2.95. The molecule has 0 radical (unpaired) electrons. The van der Waals surface area contributed by atoms with Crippen LogP contribution in [0.2, 0.25) is 0 Å². The second-order valence-corrected chi connectivity index (χ2v) is 4.18. The van der Waals surface area contributed by atoms with E-state index in [9.17, 15) is 4.79 Å². The molecule has 0 amide bonds. The van der Waals surface area contributed by atoms with Crippen LogP contribution in [0.3, 0.4) is 0 Å². The van der Waals surface area contributed by atoms with E-state index in [1.54, 1.807) is 6.20 Å². The number of aromatic amines is 2. The van der Waals surface area contributed by atoms with Crippen LogP contribution in [0.4, 0.5) is 0 Å². The summed E-state index contributed by atoms with van der Waals surface area (Å²) < 4.78 is 0. The van der Waals surface area contributed by atoms with E-state index in [0.717, 1.165) is 22.0 Å². The average molecular weight is 241 g/mol. The maximum Gasteiger partial charge on any atom is 0.354 e. The SMILES string of the molecule is Cc1ccc2[nH]cc(-c3nc[nH]c3C(=O)O)c2c1. The van der Waals surface area contributed by atoms with Crippen LogP contribution in [-0.2, 0) is 0 Å². The lowest BCUT2D eigenvalue weighted by Crippen LogP contribution is -1.98. The Morgan fingerprint density at radius 2 is 2.17 bits per heavy atom. The smallest absolute Gasteiger partial charge is 0.354 e. The van der Waals surface area contributed by atoms with E-state index in [2.05, 4.69) is 15.0 Å². The molecule has 0 atom stereocenters. The topological polar surface area (TPSA) is 81.8 Å². The van der Waals surface area contributed by atoms with Gasteiger partial charge in [0.15, 0.2) is 5.69 Å². The molecule has 0 aliphatic carbocycles. The Morgan fingerprint density at radius 1 is 1.33 bits per heavy atom. The zero-order chi connectivity index (χ0) is 12.7. The number of fused-ring (bicyclic) bond motifs is 1. The van der Waals surface area contributed by atoms with Crippen LogP contribution >= 0.6 is 0 Å². The van der Waals surface area contributed by atoms with E-state index < -0.39 is 5.97 Å². The van der Waals surface area contributed by atoms with Crippen molar-refractivity contribution < 1.29 is 9.90 Å². The van der Waals surface area contributed by atoms with Gasteiger partial charge in [0.2, 0.25) is 0 Å². The fourth-order valence-corrected chi connectivity index (χ4v) is 2.09. The fraction of sp³-hybridized carbons (Fsp3) is 0.0769. The molecular formula is C13H11N3O2. The van der Waals surface area contributed by atoms with Crippen LogP contribution < -0.4 is 0 Å². The number of benzene rings is 1. The maximum atomic E-state index is 11.1. The minimum Gasteiger partial charge on any atom is -0.477 e. The van der Waals surface area contributed by atoms with Gasteiger partial charge in [0.1, 0.15) is 5.69 Å². The Morgan fingerprint density at radius 3 is 2.94 bits per heavy atom. The van der Waals surface area contributed by atoms with Crippen molar-refractivity contribution in [2.75, 3.05) is 0 Å². The minimum absolute atomic E-state index is 0.109. The van der Waals surface area contributed by atoms with Crippen LogP contribution in [0.15, 0.2) is 30.7 Å². The average Bonchev–Trinajstić information content (AvgIpc) is 2.92. The van der Waals surface area contributed by atoms with Gasteiger partial charge >= 0.3 is 5.97 Å². The number of aromatic nitrogens is 3. The Labute approximate surface area is 102 Å². The van der Waals surface area contributed by atoms with Gasteiger partial charge in [-0.25, -0.2) is 9.78 Å². The predicted octanol–water partition coefficient (Wildman–Crippen LogP) is 2.56. The number of carboxylic acids is 1. The largest absolute Gasteiger partial charge is 0.477 e. The number of rotatable bonds is 2. The molecule has 3 aromatic rings. The number of carboxylic acid groups (broad SMARTS) is 1. The van der Waals surface area contributed by atoms with E-state index in [-0.39, 0.29) is 5.69 Å². The Hall–Kier alpha value is -2.56. The minimum atomic E-state index is -1.01. The third kappa shape index (κ3) is 1.48. The van der Waals surface area contributed by atoms with Gasteiger partial charge in [-0.15, -0.1) is 0 Å². The lowest BCUT2D eigenvalue weighted by Gasteiger charge is -1.98. The molecule has 18 heavy (non-hydrogen) atoms. The summed E-state index contributed by atoms with van der Waals surface area (Å²) in [6.07, 6.45) is 3.18. The molecule has 0 fully saturated rings. The molecular weight excluding hydrogens is 230 g/mol. The van der Waals surface area contributed by atoms with Gasteiger partial charge in [-0.2, -0.15) is 0 Å². The van der Waals surface area contributed by atoms with Crippen LogP contribution in [0.1, 0.15) is 16.1 Å². The van der Waals surface area contributed by atoms with E-state index in [4.69, 9.17) is 5.11 Å². The van der Waals surface area contributed by atoms with Crippen LogP contribution in [0.5, 0.6) is 0 Å². The molecule has 0 aliphatic heterocycles. The van der Waals surface area contributed by atoms with Crippen molar-refractivity contribution in [3.8, 4) is 11.3 Å². The van der Waals surface area contributed by atoms with Crippen LogP contribution in [0.25, 0.3) is 22.2 Å². The molecule has 3 N–H and O–H groups in total. The summed E-state index contributed by atoms with van der Waals surface area (Å²) >= 11 is 0. The molecule has 90 valence electrons. The monoisotopic (exact) mass is 241 g/mol. The van der Waals surface area contributed by atoms with E-state index in [1.807, 2.05) is 25.1 Å². The van der Waals surface area contributed by atoms with Crippen molar-refractivity contribution in [3.05, 3.63) is 42.0 Å². The van der Waals surface area contributed by atoms with Crippen molar-refractivity contribution in [3.63, 3.8) is 0 Å². The molecule has 0 spiro atoms. The highest BCUT2D eigenvalue weighted by atomic mass is 16.4. The fourth-order valence-electron chi connectivity index (χ4n) is 2.09. The van der Waals surface area contributed by atoms with Crippen molar-refractivity contribution in [1.82, 2.24) is 15.0 Å². The molecule has 2 aromatic heterocycles. The number of carbonyl (C=O) groups is 1. The van der Waals surface area contributed by atoms with Gasteiger partial charge in [-0.3, -0.25) is 0 Å². The van der Waals surface area contributed by atoms with Crippen molar-refractivity contribution in [2.45, 2.75) is 6.92 Å². The highest BCUT2D eigenvalue weighted by molar-refractivity contribution is 6.01. The number of aryl methyl sites for hydroxylation is 1. The van der Waals surface area contributed by atoms with Crippen molar-refractivity contribution in [1.29, 1.82) is 0 Å². The lowest BCUT2D eigenvalue weighted by molar-refractivity contribution is 0.0692. The summed E-state index contributed by atoms with van der Waals surface area (Å²) in [7, 11) is 0. The zero-order valence-electron chi connectivity index (χ0n) is 9.69. The first-order valence-electron chi connectivity index (χ1n) is 5.51. The van der Waals surface area contributed by atoms with Gasteiger partial charge in [-0.1, -0.05) is 11.6 Å². The summed E-state index contributed by atoms with van der Waals surface area (Å²) in [4.78, 5) is 21.0. The van der Waals surface area contributed by atoms with E-state index >= 15 is 0 Å². The zero-order valence-corrected chi connectivity index (χ0v) is 9.69. The molecule has 5 heteroatoms. The Balaban J connectivity index is 2.28. The summed E-state index contributed by atoms with van der Waals surface area (Å²) in [5, 5.41) is 10.1. The van der Waals surface area contributed by atoms with Crippen LogP contribution in [0, 0.1) is 6.92 Å². The second kappa shape index (κ2) is 3.73. The molecule has 5 nitrogen and oxygen atoms in total. The highest BCUT2D eigenvalue weighted by Gasteiger charge is 2.17. The summed E-state index contributed by atoms with van der Waals surface area (Å²) in [5.41, 5.74) is 3.45. The molecule has 2 heterocycles. The third-order valence-corrected chi connectivity index (χ3v) is 2.95. The molecule has 0 saturated carbocycles. The van der Waals surface area contributed by atoms with Gasteiger partial charge in [0.25, 0.3) is 0 Å². The number of H-pyrrole nitrogens is 2. The molecule has 0 saturated heterocycles. The molecule has 3 rings (SSSR count). The number of hydrogen-bond donors (Lipinski definition) is 3. The molecule has 1 aromatic carbocycles. The van der Waals surface area contributed by atoms with E-state index in [1.165, 1.54) is 6.33 Å². The first kappa shape index (κ1) is 10.6. The summed E-state index contributed by atoms with van der Waals surface area (Å²) in [5.74, 6) is -1.01. The number of nitrogens with one attached hydrogen (secondary N) is 2.